The third-order valence-corrected chi connectivity index (χ3v) is 4.62. The van der Waals surface area contributed by atoms with Gasteiger partial charge in [0.15, 0.2) is 5.11 Å². The molecule has 0 saturated carbocycles. The first kappa shape index (κ1) is 16.7. The summed E-state index contributed by atoms with van der Waals surface area (Å²) < 4.78 is 0. The van der Waals surface area contributed by atoms with Crippen LogP contribution in [0.4, 0.5) is 17.1 Å². The van der Waals surface area contributed by atoms with Crippen LogP contribution in [0.15, 0.2) is 54.6 Å². The molecule has 0 bridgehead atoms. The number of rotatable bonds is 4. The molecule has 0 amide bonds. The first-order chi connectivity index (χ1) is 11.7. The highest BCUT2D eigenvalue weighted by Gasteiger charge is 2.20. The SMILES string of the molecule is OC[C@@H]1CCCN(C(=S)Nc2ccc(Nc3ccccc3)cc2)C1. The van der Waals surface area contributed by atoms with Crippen molar-refractivity contribution in [3.8, 4) is 0 Å². The minimum atomic E-state index is 0.235. The number of anilines is 3. The van der Waals surface area contributed by atoms with Crippen LogP contribution in [-0.4, -0.2) is 34.8 Å². The molecule has 3 rings (SSSR count). The molecule has 24 heavy (non-hydrogen) atoms. The number of hydrogen-bond donors (Lipinski definition) is 3. The summed E-state index contributed by atoms with van der Waals surface area (Å²) in [6.45, 7) is 2.02. The zero-order valence-corrected chi connectivity index (χ0v) is 14.4. The van der Waals surface area contributed by atoms with Gasteiger partial charge in [0, 0.05) is 36.8 Å². The Morgan fingerprint density at radius 1 is 1.04 bits per heavy atom. The van der Waals surface area contributed by atoms with Crippen LogP contribution in [0.5, 0.6) is 0 Å². The quantitative estimate of drug-likeness (QED) is 0.738. The Bertz CT molecular complexity index is 660. The molecule has 0 spiro atoms. The van der Waals surface area contributed by atoms with E-state index in [2.05, 4.69) is 15.5 Å². The van der Waals surface area contributed by atoms with E-state index in [1.54, 1.807) is 0 Å². The summed E-state index contributed by atoms with van der Waals surface area (Å²) >= 11 is 5.51. The predicted molar refractivity (Wildman–Crippen MR) is 104 cm³/mol. The average Bonchev–Trinajstić information content (AvgIpc) is 2.64. The highest BCUT2D eigenvalue weighted by molar-refractivity contribution is 7.80. The van der Waals surface area contributed by atoms with Gasteiger partial charge in [0.1, 0.15) is 0 Å². The molecule has 126 valence electrons. The summed E-state index contributed by atoms with van der Waals surface area (Å²) in [5.74, 6) is 0.330. The molecule has 2 aromatic carbocycles. The monoisotopic (exact) mass is 341 g/mol. The lowest BCUT2D eigenvalue weighted by atomic mass is 9.99. The molecule has 1 atom stereocenters. The van der Waals surface area contributed by atoms with Gasteiger partial charge in [-0.3, -0.25) is 0 Å². The first-order valence-electron chi connectivity index (χ1n) is 8.33. The Morgan fingerprint density at radius 3 is 2.42 bits per heavy atom. The molecular weight excluding hydrogens is 318 g/mol. The maximum atomic E-state index is 9.33. The molecule has 1 fully saturated rings. The summed E-state index contributed by atoms with van der Waals surface area (Å²) in [7, 11) is 0. The molecular formula is C19H23N3OS. The molecule has 0 aromatic heterocycles. The van der Waals surface area contributed by atoms with Crippen LogP contribution in [0.2, 0.25) is 0 Å². The van der Waals surface area contributed by atoms with Gasteiger partial charge in [-0.15, -0.1) is 0 Å². The zero-order valence-electron chi connectivity index (χ0n) is 13.6. The smallest absolute Gasteiger partial charge is 0.173 e. The van der Waals surface area contributed by atoms with Crippen molar-refractivity contribution < 1.29 is 5.11 Å². The number of nitrogens with one attached hydrogen (secondary N) is 2. The number of likely N-dealkylation sites (tertiary alicyclic amines) is 1. The van der Waals surface area contributed by atoms with Gasteiger partial charge in [-0.25, -0.2) is 0 Å². The van der Waals surface area contributed by atoms with Crippen molar-refractivity contribution in [1.82, 2.24) is 4.90 Å². The Kier molecular flexibility index (Phi) is 5.67. The number of nitrogens with zero attached hydrogens (tertiary/aromatic N) is 1. The molecule has 0 unspecified atom stereocenters. The van der Waals surface area contributed by atoms with Gasteiger partial charge in [-0.2, -0.15) is 0 Å². The highest BCUT2D eigenvalue weighted by atomic mass is 32.1. The van der Waals surface area contributed by atoms with Crippen LogP contribution < -0.4 is 10.6 Å². The van der Waals surface area contributed by atoms with Gasteiger partial charge in [-0.05, 0) is 67.4 Å². The van der Waals surface area contributed by atoms with E-state index in [4.69, 9.17) is 12.2 Å². The van der Waals surface area contributed by atoms with E-state index < -0.39 is 0 Å². The van der Waals surface area contributed by atoms with Crippen molar-refractivity contribution in [2.75, 3.05) is 30.3 Å². The zero-order chi connectivity index (χ0) is 16.8. The standard InChI is InChI=1S/C19H23N3OS/c23-14-15-5-4-12-22(13-15)19(24)21-18-10-8-17(9-11-18)20-16-6-2-1-3-7-16/h1-3,6-11,15,20,23H,4-5,12-14H2,(H,21,24)/t15-/m1/s1. The summed E-state index contributed by atoms with van der Waals surface area (Å²) in [6, 6.07) is 18.2. The fourth-order valence-corrected chi connectivity index (χ4v) is 3.21. The second-order valence-electron chi connectivity index (χ2n) is 6.14. The molecule has 0 radical (unpaired) electrons. The van der Waals surface area contributed by atoms with Crippen LogP contribution in [0, 0.1) is 5.92 Å². The van der Waals surface area contributed by atoms with E-state index in [9.17, 15) is 5.11 Å². The topological polar surface area (TPSA) is 47.5 Å². The van der Waals surface area contributed by atoms with Gasteiger partial charge in [-0.1, -0.05) is 18.2 Å². The minimum absolute atomic E-state index is 0.235. The molecule has 2 aromatic rings. The lowest BCUT2D eigenvalue weighted by Gasteiger charge is -2.33. The summed E-state index contributed by atoms with van der Waals surface area (Å²) in [5.41, 5.74) is 3.08. The number of para-hydroxylation sites is 1. The summed E-state index contributed by atoms with van der Waals surface area (Å²) in [6.07, 6.45) is 2.16. The van der Waals surface area contributed by atoms with Gasteiger partial charge >= 0.3 is 0 Å². The third-order valence-electron chi connectivity index (χ3n) is 4.26. The van der Waals surface area contributed by atoms with E-state index >= 15 is 0 Å². The Labute approximate surface area is 148 Å². The first-order valence-corrected chi connectivity index (χ1v) is 8.74. The van der Waals surface area contributed by atoms with Crippen LogP contribution in [0.1, 0.15) is 12.8 Å². The minimum Gasteiger partial charge on any atom is -0.396 e. The average molecular weight is 341 g/mol. The van der Waals surface area contributed by atoms with Crippen LogP contribution in [-0.2, 0) is 0 Å². The lowest BCUT2D eigenvalue weighted by molar-refractivity contribution is 0.162. The van der Waals surface area contributed by atoms with Gasteiger partial charge in [0.25, 0.3) is 0 Å². The highest BCUT2D eigenvalue weighted by Crippen LogP contribution is 2.20. The Morgan fingerprint density at radius 2 is 1.71 bits per heavy atom. The molecule has 4 nitrogen and oxygen atoms in total. The molecule has 1 aliphatic heterocycles. The fourth-order valence-electron chi connectivity index (χ4n) is 2.93. The van der Waals surface area contributed by atoms with Gasteiger partial charge < -0.3 is 20.6 Å². The Balaban J connectivity index is 1.56. The van der Waals surface area contributed by atoms with Crippen molar-refractivity contribution in [3.63, 3.8) is 0 Å². The third kappa shape index (κ3) is 4.46. The van der Waals surface area contributed by atoms with E-state index in [1.165, 1.54) is 0 Å². The van der Waals surface area contributed by atoms with Gasteiger partial charge in [0.05, 0.1) is 0 Å². The van der Waals surface area contributed by atoms with Crippen molar-refractivity contribution in [2.45, 2.75) is 12.8 Å². The summed E-state index contributed by atoms with van der Waals surface area (Å²) in [5, 5.41) is 16.7. The molecule has 1 heterocycles. The molecule has 1 saturated heterocycles. The molecule has 3 N–H and O–H groups in total. The lowest BCUT2D eigenvalue weighted by Crippen LogP contribution is -2.43. The van der Waals surface area contributed by atoms with E-state index in [0.29, 0.717) is 5.92 Å². The Hall–Kier alpha value is -2.11. The number of aliphatic hydroxyl groups is 1. The normalized spacial score (nSPS) is 17.4. The second-order valence-corrected chi connectivity index (χ2v) is 6.52. The van der Waals surface area contributed by atoms with Crippen LogP contribution in [0.3, 0.4) is 0 Å². The number of hydrogen-bond acceptors (Lipinski definition) is 3. The maximum absolute atomic E-state index is 9.33. The van der Waals surface area contributed by atoms with Crippen LogP contribution in [0.25, 0.3) is 0 Å². The van der Waals surface area contributed by atoms with Crippen molar-refractivity contribution in [1.29, 1.82) is 0 Å². The summed E-state index contributed by atoms with van der Waals surface area (Å²) in [4.78, 5) is 2.15. The number of thiocarbonyl (C=S) groups is 1. The fraction of sp³-hybridized carbons (Fsp3) is 0.316. The second kappa shape index (κ2) is 8.13. The van der Waals surface area contributed by atoms with Gasteiger partial charge in [0.2, 0.25) is 0 Å². The number of aliphatic hydroxyl groups excluding tert-OH is 1. The van der Waals surface area contributed by atoms with Crippen molar-refractivity contribution in [2.24, 2.45) is 5.92 Å². The molecule has 1 aliphatic rings. The number of benzene rings is 2. The predicted octanol–water partition coefficient (Wildman–Crippen LogP) is 3.83. The number of piperidine rings is 1. The maximum Gasteiger partial charge on any atom is 0.173 e. The largest absolute Gasteiger partial charge is 0.396 e. The van der Waals surface area contributed by atoms with Crippen molar-refractivity contribution in [3.05, 3.63) is 54.6 Å². The molecule has 0 aliphatic carbocycles. The van der Waals surface area contributed by atoms with Crippen molar-refractivity contribution >= 4 is 34.4 Å². The molecule has 5 heteroatoms. The van der Waals surface area contributed by atoms with E-state index in [0.717, 1.165) is 48.1 Å². The van der Waals surface area contributed by atoms with E-state index in [-0.39, 0.29) is 6.61 Å². The van der Waals surface area contributed by atoms with Crippen LogP contribution >= 0.6 is 12.2 Å². The van der Waals surface area contributed by atoms with E-state index in [1.807, 2.05) is 54.6 Å².